The van der Waals surface area contributed by atoms with Crippen molar-refractivity contribution in [3.8, 4) is 5.75 Å². The molecule has 4 heteroatoms. The average Bonchev–Trinajstić information content (AvgIpc) is 2.27. The number of benzene rings is 1. The molecular weight excluding hydrogens is 211 g/mol. The first-order valence-corrected chi connectivity index (χ1v) is 5.13. The number of phenolic OH excluding ortho intramolecular Hbond substituents is 1. The van der Waals surface area contributed by atoms with Crippen LogP contribution in [0, 0.1) is 11.7 Å². The highest BCUT2D eigenvalue weighted by atomic mass is 19.1. The maximum atomic E-state index is 13.4. The van der Waals surface area contributed by atoms with Crippen molar-refractivity contribution >= 4 is 5.97 Å². The molecule has 1 rings (SSSR count). The van der Waals surface area contributed by atoms with Crippen LogP contribution in [0.1, 0.15) is 18.9 Å². The second-order valence-corrected chi connectivity index (χ2v) is 3.61. The van der Waals surface area contributed by atoms with Gasteiger partial charge in [0.05, 0.1) is 13.0 Å². The molecule has 16 heavy (non-hydrogen) atoms. The molecule has 1 N–H and O–H groups in total. The Hall–Kier alpha value is -1.58. The van der Waals surface area contributed by atoms with Gasteiger partial charge in [-0.05, 0) is 24.5 Å². The predicted molar refractivity (Wildman–Crippen MR) is 57.6 cm³/mol. The van der Waals surface area contributed by atoms with Crippen LogP contribution in [0.3, 0.4) is 0 Å². The van der Waals surface area contributed by atoms with Crippen LogP contribution in [0.2, 0.25) is 0 Å². The van der Waals surface area contributed by atoms with Crippen molar-refractivity contribution in [3.05, 3.63) is 29.6 Å². The number of halogens is 1. The molecule has 0 aliphatic carbocycles. The fourth-order valence-corrected chi connectivity index (χ4v) is 1.53. The molecule has 0 aromatic heterocycles. The van der Waals surface area contributed by atoms with Crippen molar-refractivity contribution in [2.75, 3.05) is 7.11 Å². The Morgan fingerprint density at radius 3 is 2.75 bits per heavy atom. The van der Waals surface area contributed by atoms with Gasteiger partial charge in [-0.2, -0.15) is 0 Å². The van der Waals surface area contributed by atoms with E-state index in [1.165, 1.54) is 19.2 Å². The van der Waals surface area contributed by atoms with Crippen LogP contribution in [-0.2, 0) is 16.0 Å². The average molecular weight is 226 g/mol. The zero-order valence-corrected chi connectivity index (χ0v) is 9.37. The zero-order valence-electron chi connectivity index (χ0n) is 9.37. The normalized spacial score (nSPS) is 12.2. The number of ether oxygens (including phenoxy) is 1. The van der Waals surface area contributed by atoms with Gasteiger partial charge in [-0.3, -0.25) is 4.79 Å². The molecule has 0 fully saturated rings. The highest BCUT2D eigenvalue weighted by molar-refractivity contribution is 5.72. The molecule has 0 bridgehead atoms. The van der Waals surface area contributed by atoms with Gasteiger partial charge >= 0.3 is 5.97 Å². The number of hydrogen-bond acceptors (Lipinski definition) is 3. The van der Waals surface area contributed by atoms with Gasteiger partial charge in [-0.1, -0.05) is 13.0 Å². The molecule has 0 aliphatic rings. The highest BCUT2D eigenvalue weighted by Gasteiger charge is 2.19. The maximum Gasteiger partial charge on any atom is 0.308 e. The van der Waals surface area contributed by atoms with Crippen LogP contribution in [0.4, 0.5) is 4.39 Å². The minimum absolute atomic E-state index is 0.118. The molecule has 0 spiro atoms. The quantitative estimate of drug-likeness (QED) is 0.801. The van der Waals surface area contributed by atoms with E-state index in [0.717, 1.165) is 6.07 Å². The van der Waals surface area contributed by atoms with Crippen LogP contribution >= 0.6 is 0 Å². The fraction of sp³-hybridized carbons (Fsp3) is 0.417. The van der Waals surface area contributed by atoms with E-state index < -0.39 is 5.82 Å². The maximum absolute atomic E-state index is 13.4. The summed E-state index contributed by atoms with van der Waals surface area (Å²) in [6, 6.07) is 3.93. The summed E-state index contributed by atoms with van der Waals surface area (Å²) in [5.41, 5.74) is 0.412. The van der Waals surface area contributed by atoms with Gasteiger partial charge in [0.25, 0.3) is 0 Å². The number of hydrogen-bond donors (Lipinski definition) is 1. The van der Waals surface area contributed by atoms with E-state index in [4.69, 9.17) is 5.11 Å². The van der Waals surface area contributed by atoms with E-state index in [1.54, 1.807) is 0 Å². The number of carbonyl (C=O) groups excluding carboxylic acids is 1. The predicted octanol–water partition coefficient (Wildman–Crippen LogP) is 2.27. The van der Waals surface area contributed by atoms with Crippen LogP contribution in [-0.4, -0.2) is 18.2 Å². The number of rotatable bonds is 4. The molecule has 1 aromatic rings. The molecule has 1 atom stereocenters. The van der Waals surface area contributed by atoms with Gasteiger partial charge in [-0.25, -0.2) is 4.39 Å². The minimum atomic E-state index is -0.498. The van der Waals surface area contributed by atoms with Crippen molar-refractivity contribution in [1.29, 1.82) is 0 Å². The molecule has 0 radical (unpaired) electrons. The van der Waals surface area contributed by atoms with Crippen LogP contribution in [0.5, 0.6) is 5.75 Å². The number of aromatic hydroxyl groups is 1. The molecule has 0 saturated heterocycles. The molecule has 0 saturated carbocycles. The third kappa shape index (κ3) is 2.95. The van der Waals surface area contributed by atoms with Crippen LogP contribution < -0.4 is 0 Å². The first-order chi connectivity index (χ1) is 7.58. The molecule has 1 unspecified atom stereocenters. The summed E-state index contributed by atoms with van der Waals surface area (Å²) in [4.78, 5) is 11.3. The Labute approximate surface area is 93.9 Å². The summed E-state index contributed by atoms with van der Waals surface area (Å²) in [6.07, 6.45) is 0.877. The molecular formula is C12H15FO3. The van der Waals surface area contributed by atoms with Crippen molar-refractivity contribution in [2.24, 2.45) is 5.92 Å². The number of carbonyl (C=O) groups is 1. The van der Waals surface area contributed by atoms with E-state index in [0.29, 0.717) is 12.0 Å². The first kappa shape index (κ1) is 12.5. The highest BCUT2D eigenvalue weighted by Crippen LogP contribution is 2.20. The summed E-state index contributed by atoms with van der Waals surface area (Å²) in [5.74, 6) is -1.30. The van der Waals surface area contributed by atoms with Gasteiger partial charge in [0, 0.05) is 6.07 Å². The van der Waals surface area contributed by atoms with Crippen LogP contribution in [0.25, 0.3) is 0 Å². The van der Waals surface area contributed by atoms with Crippen LogP contribution in [0.15, 0.2) is 18.2 Å². The standard InChI is InChI=1S/C12H15FO3/c1-3-8(12(15)16-2)6-9-4-5-10(14)7-11(9)13/h4-5,7-8,14H,3,6H2,1-2H3. The lowest BCUT2D eigenvalue weighted by atomic mass is 9.96. The Kier molecular flexibility index (Phi) is 4.28. The second-order valence-electron chi connectivity index (χ2n) is 3.61. The summed E-state index contributed by atoms with van der Waals surface area (Å²) in [6.45, 7) is 1.85. The van der Waals surface area contributed by atoms with Gasteiger partial charge in [-0.15, -0.1) is 0 Å². The lowest BCUT2D eigenvalue weighted by molar-refractivity contribution is -0.145. The van der Waals surface area contributed by atoms with Crippen molar-refractivity contribution in [2.45, 2.75) is 19.8 Å². The molecule has 3 nitrogen and oxygen atoms in total. The Bertz CT molecular complexity index is 377. The Morgan fingerprint density at radius 2 is 2.25 bits per heavy atom. The Morgan fingerprint density at radius 1 is 1.56 bits per heavy atom. The number of esters is 1. The zero-order chi connectivity index (χ0) is 12.1. The Balaban J connectivity index is 2.82. The summed E-state index contributed by atoms with van der Waals surface area (Å²) >= 11 is 0. The van der Waals surface area contributed by atoms with E-state index in [1.807, 2.05) is 6.92 Å². The second kappa shape index (κ2) is 5.49. The monoisotopic (exact) mass is 226 g/mol. The van der Waals surface area contributed by atoms with E-state index in [-0.39, 0.29) is 24.1 Å². The number of methoxy groups -OCH3 is 1. The molecule has 1 aromatic carbocycles. The third-order valence-electron chi connectivity index (χ3n) is 2.53. The van der Waals surface area contributed by atoms with E-state index in [9.17, 15) is 9.18 Å². The molecule has 0 heterocycles. The first-order valence-electron chi connectivity index (χ1n) is 5.13. The lowest BCUT2D eigenvalue weighted by Crippen LogP contribution is -2.18. The van der Waals surface area contributed by atoms with Gasteiger partial charge in [0.1, 0.15) is 11.6 Å². The minimum Gasteiger partial charge on any atom is -0.508 e. The van der Waals surface area contributed by atoms with Crippen molar-refractivity contribution in [1.82, 2.24) is 0 Å². The molecule has 0 amide bonds. The van der Waals surface area contributed by atoms with Gasteiger partial charge in [0.2, 0.25) is 0 Å². The van der Waals surface area contributed by atoms with Gasteiger partial charge in [0.15, 0.2) is 0 Å². The largest absolute Gasteiger partial charge is 0.508 e. The molecule has 0 aliphatic heterocycles. The van der Waals surface area contributed by atoms with E-state index >= 15 is 0 Å². The van der Waals surface area contributed by atoms with Crippen molar-refractivity contribution in [3.63, 3.8) is 0 Å². The molecule has 88 valence electrons. The smallest absolute Gasteiger partial charge is 0.308 e. The van der Waals surface area contributed by atoms with Gasteiger partial charge < -0.3 is 9.84 Å². The SMILES string of the molecule is CCC(Cc1ccc(O)cc1F)C(=O)OC. The fourth-order valence-electron chi connectivity index (χ4n) is 1.53. The topological polar surface area (TPSA) is 46.5 Å². The summed E-state index contributed by atoms with van der Waals surface area (Å²) in [7, 11) is 1.32. The summed E-state index contributed by atoms with van der Waals surface area (Å²) < 4.78 is 18.0. The summed E-state index contributed by atoms with van der Waals surface area (Å²) in [5, 5.41) is 9.05. The number of phenols is 1. The van der Waals surface area contributed by atoms with Crippen molar-refractivity contribution < 1.29 is 19.0 Å². The van der Waals surface area contributed by atoms with E-state index in [2.05, 4.69) is 4.74 Å². The lowest BCUT2D eigenvalue weighted by Gasteiger charge is -2.12. The third-order valence-corrected chi connectivity index (χ3v) is 2.53.